The Morgan fingerprint density at radius 3 is 2.39 bits per heavy atom. The molecule has 0 radical (unpaired) electrons. The minimum atomic E-state index is -0.298. The molecule has 0 bridgehead atoms. The Hall–Kier alpha value is -3.36. The average Bonchev–Trinajstić information content (AvgIpc) is 3.22. The van der Waals surface area contributed by atoms with Gasteiger partial charge in [0.25, 0.3) is 5.91 Å². The summed E-state index contributed by atoms with van der Waals surface area (Å²) >= 11 is 6.99. The highest BCUT2D eigenvalue weighted by Crippen LogP contribution is 2.33. The molecule has 1 amide bonds. The molecular formula is C28H25Br2N3O3. The number of hydrogen-bond acceptors (Lipinski definition) is 4. The molecular weight excluding hydrogens is 586 g/mol. The van der Waals surface area contributed by atoms with Crippen molar-refractivity contribution in [1.82, 2.24) is 9.99 Å². The van der Waals surface area contributed by atoms with Gasteiger partial charge in [0, 0.05) is 37.1 Å². The van der Waals surface area contributed by atoms with Gasteiger partial charge in [-0.3, -0.25) is 4.79 Å². The van der Waals surface area contributed by atoms with Crippen LogP contribution in [-0.4, -0.2) is 23.8 Å². The third-order valence-electron chi connectivity index (χ3n) is 5.60. The predicted octanol–water partition coefficient (Wildman–Crippen LogP) is 6.97. The highest BCUT2D eigenvalue weighted by atomic mass is 79.9. The van der Waals surface area contributed by atoms with E-state index in [-0.39, 0.29) is 5.91 Å². The van der Waals surface area contributed by atoms with E-state index in [0.29, 0.717) is 23.7 Å². The molecule has 4 rings (SSSR count). The van der Waals surface area contributed by atoms with Gasteiger partial charge in [-0.1, -0.05) is 34.1 Å². The van der Waals surface area contributed by atoms with E-state index in [2.05, 4.69) is 59.1 Å². The van der Waals surface area contributed by atoms with Gasteiger partial charge in [0.1, 0.15) is 6.61 Å². The van der Waals surface area contributed by atoms with Crippen molar-refractivity contribution in [1.29, 1.82) is 0 Å². The number of nitrogens with one attached hydrogen (secondary N) is 1. The fraction of sp³-hybridized carbons (Fsp3) is 0.143. The second-order valence-electron chi connectivity index (χ2n) is 8.14. The van der Waals surface area contributed by atoms with Gasteiger partial charge in [0.05, 0.1) is 13.3 Å². The molecule has 8 heteroatoms. The summed E-state index contributed by atoms with van der Waals surface area (Å²) in [6.45, 7) is 4.47. The first-order valence-electron chi connectivity index (χ1n) is 11.2. The Morgan fingerprint density at radius 2 is 1.69 bits per heavy atom. The van der Waals surface area contributed by atoms with Crippen molar-refractivity contribution in [3.63, 3.8) is 0 Å². The fourth-order valence-electron chi connectivity index (χ4n) is 3.75. The summed E-state index contributed by atoms with van der Waals surface area (Å²) in [6.07, 6.45) is 1.56. The summed E-state index contributed by atoms with van der Waals surface area (Å²) in [7, 11) is 1.58. The minimum Gasteiger partial charge on any atom is -0.493 e. The maximum Gasteiger partial charge on any atom is 0.271 e. The number of methoxy groups -OCH3 is 1. The van der Waals surface area contributed by atoms with Gasteiger partial charge in [-0.25, -0.2) is 5.43 Å². The van der Waals surface area contributed by atoms with Gasteiger partial charge in [0.2, 0.25) is 0 Å². The number of aromatic nitrogens is 1. The molecule has 0 spiro atoms. The molecule has 1 N–H and O–H groups in total. The number of nitrogens with zero attached hydrogens (tertiary/aromatic N) is 2. The first kappa shape index (κ1) is 25.7. The SMILES string of the molecule is COc1cc(C=NNC(=O)c2cccc(-n3c(C)ccc3C)c2)c(Br)cc1OCc1ccc(Br)cc1. The number of amides is 1. The maximum atomic E-state index is 12.7. The predicted molar refractivity (Wildman–Crippen MR) is 149 cm³/mol. The van der Waals surface area contributed by atoms with Crippen molar-refractivity contribution < 1.29 is 14.3 Å². The summed E-state index contributed by atoms with van der Waals surface area (Å²) in [4.78, 5) is 12.7. The van der Waals surface area contributed by atoms with Crippen molar-refractivity contribution >= 4 is 44.0 Å². The number of aryl methyl sites for hydroxylation is 2. The summed E-state index contributed by atoms with van der Waals surface area (Å²) < 4.78 is 15.3. The molecule has 36 heavy (non-hydrogen) atoms. The molecule has 0 fully saturated rings. The Bertz CT molecular complexity index is 1390. The Morgan fingerprint density at radius 1 is 0.972 bits per heavy atom. The monoisotopic (exact) mass is 609 g/mol. The quantitative estimate of drug-likeness (QED) is 0.173. The highest BCUT2D eigenvalue weighted by Gasteiger charge is 2.11. The molecule has 1 aromatic heterocycles. The topological polar surface area (TPSA) is 64.8 Å². The second-order valence-corrected chi connectivity index (χ2v) is 9.91. The molecule has 0 unspecified atom stereocenters. The normalized spacial score (nSPS) is 11.0. The molecule has 1 heterocycles. The van der Waals surface area contributed by atoms with Crippen LogP contribution < -0.4 is 14.9 Å². The van der Waals surface area contributed by atoms with Crippen LogP contribution >= 0.6 is 31.9 Å². The van der Waals surface area contributed by atoms with Crippen molar-refractivity contribution in [3.8, 4) is 17.2 Å². The van der Waals surface area contributed by atoms with Crippen LogP contribution in [0.2, 0.25) is 0 Å². The zero-order chi connectivity index (χ0) is 25.7. The van der Waals surface area contributed by atoms with Gasteiger partial charge in [-0.2, -0.15) is 5.10 Å². The minimum absolute atomic E-state index is 0.298. The number of rotatable bonds is 8. The largest absolute Gasteiger partial charge is 0.493 e. The zero-order valence-corrected chi connectivity index (χ0v) is 23.3. The number of halogens is 2. The molecule has 4 aromatic rings. The molecule has 0 saturated carbocycles. The van der Waals surface area contributed by atoms with E-state index in [0.717, 1.165) is 37.1 Å². The lowest BCUT2D eigenvalue weighted by Gasteiger charge is -2.13. The fourth-order valence-corrected chi connectivity index (χ4v) is 4.44. The van der Waals surface area contributed by atoms with Gasteiger partial charge in [-0.15, -0.1) is 0 Å². The van der Waals surface area contributed by atoms with Crippen LogP contribution in [-0.2, 0) is 6.61 Å². The standard InChI is InChI=1S/C28H25Br2N3O3/c1-18-7-8-19(2)33(18)24-6-4-5-21(13-24)28(34)32-31-16-22-14-26(35-3)27(15-25(22)30)36-17-20-9-11-23(29)12-10-20/h4-16H,17H2,1-3H3,(H,32,34). The van der Waals surface area contributed by atoms with Gasteiger partial charge >= 0.3 is 0 Å². The van der Waals surface area contributed by atoms with Crippen LogP contribution in [0.15, 0.2) is 86.8 Å². The van der Waals surface area contributed by atoms with Crippen molar-refractivity contribution in [2.24, 2.45) is 5.10 Å². The van der Waals surface area contributed by atoms with E-state index in [1.807, 2.05) is 62.4 Å². The van der Waals surface area contributed by atoms with Crippen molar-refractivity contribution in [2.45, 2.75) is 20.5 Å². The molecule has 3 aromatic carbocycles. The molecule has 0 atom stereocenters. The van der Waals surface area contributed by atoms with Crippen LogP contribution in [0.1, 0.15) is 32.9 Å². The summed E-state index contributed by atoms with van der Waals surface area (Å²) in [5.74, 6) is 0.863. The third-order valence-corrected chi connectivity index (χ3v) is 6.81. The van der Waals surface area contributed by atoms with Crippen LogP contribution in [0.3, 0.4) is 0 Å². The lowest BCUT2D eigenvalue weighted by Crippen LogP contribution is -2.18. The molecule has 0 aliphatic rings. The zero-order valence-electron chi connectivity index (χ0n) is 20.1. The first-order valence-corrected chi connectivity index (χ1v) is 12.8. The number of carbonyl (C=O) groups excluding carboxylic acids is 1. The Labute approximate surface area is 227 Å². The van der Waals surface area contributed by atoms with E-state index >= 15 is 0 Å². The molecule has 184 valence electrons. The summed E-state index contributed by atoms with van der Waals surface area (Å²) in [5, 5.41) is 4.15. The summed E-state index contributed by atoms with van der Waals surface area (Å²) in [5.41, 5.74) is 8.03. The average molecular weight is 611 g/mol. The molecule has 0 aliphatic carbocycles. The number of hydrogen-bond donors (Lipinski definition) is 1. The van der Waals surface area contributed by atoms with Gasteiger partial charge in [-0.05, 0) is 89.9 Å². The van der Waals surface area contributed by atoms with Crippen LogP contribution in [0, 0.1) is 13.8 Å². The lowest BCUT2D eigenvalue weighted by molar-refractivity contribution is 0.0955. The number of hydrazone groups is 1. The Balaban J connectivity index is 1.45. The smallest absolute Gasteiger partial charge is 0.271 e. The maximum absolute atomic E-state index is 12.7. The van der Waals surface area contributed by atoms with Crippen LogP contribution in [0.25, 0.3) is 5.69 Å². The number of carbonyl (C=O) groups is 1. The van der Waals surface area contributed by atoms with E-state index in [9.17, 15) is 4.79 Å². The number of benzene rings is 3. The van der Waals surface area contributed by atoms with Crippen molar-refractivity contribution in [3.05, 3.63) is 110 Å². The van der Waals surface area contributed by atoms with E-state index in [1.165, 1.54) is 0 Å². The molecule has 6 nitrogen and oxygen atoms in total. The lowest BCUT2D eigenvalue weighted by atomic mass is 10.2. The van der Waals surface area contributed by atoms with Crippen molar-refractivity contribution in [2.75, 3.05) is 7.11 Å². The Kier molecular flexibility index (Phi) is 8.28. The second kappa shape index (κ2) is 11.6. The number of ether oxygens (including phenoxy) is 2. The first-order chi connectivity index (χ1) is 17.4. The van der Waals surface area contributed by atoms with Gasteiger partial charge < -0.3 is 14.0 Å². The van der Waals surface area contributed by atoms with Crippen LogP contribution in [0.4, 0.5) is 0 Å². The highest BCUT2D eigenvalue weighted by molar-refractivity contribution is 9.10. The van der Waals surface area contributed by atoms with E-state index < -0.39 is 0 Å². The molecule has 0 aliphatic heterocycles. The van der Waals surface area contributed by atoms with Crippen LogP contribution in [0.5, 0.6) is 11.5 Å². The van der Waals surface area contributed by atoms with Gasteiger partial charge in [0.15, 0.2) is 11.5 Å². The molecule has 0 saturated heterocycles. The third kappa shape index (κ3) is 6.06. The summed E-state index contributed by atoms with van der Waals surface area (Å²) in [6, 6.07) is 23.1. The van der Waals surface area contributed by atoms with E-state index in [1.54, 1.807) is 25.5 Å². The van der Waals surface area contributed by atoms with E-state index in [4.69, 9.17) is 9.47 Å².